The van der Waals surface area contributed by atoms with Crippen molar-refractivity contribution in [1.29, 1.82) is 0 Å². The molecule has 8 heteroatoms. The molecule has 2 aliphatic heterocycles. The minimum atomic E-state index is -3.66. The number of rotatable bonds is 3. The first kappa shape index (κ1) is 21.5. The zero-order valence-corrected chi connectivity index (χ0v) is 18.7. The standard InChI is InChI=1S/C23H27N3O4S/c1-17-5-3-6-19-7-4-12-26(22(17)19)23(28)20-8-10-21(11-9-20)31(29,30)25-15-13-24(14-16-25)18(2)27/h3,5-6,8-11H,4,7,12-16H2,1-2H3. The average molecular weight is 442 g/mol. The molecule has 164 valence electrons. The molecule has 2 amide bonds. The number of fused-ring (bicyclic) bond motifs is 1. The Morgan fingerprint density at radius 1 is 0.903 bits per heavy atom. The highest BCUT2D eigenvalue weighted by Crippen LogP contribution is 2.32. The van der Waals surface area contributed by atoms with Crippen LogP contribution in [0.1, 0.15) is 34.8 Å². The van der Waals surface area contributed by atoms with Crippen LogP contribution in [0.2, 0.25) is 0 Å². The van der Waals surface area contributed by atoms with Crippen LogP contribution in [0, 0.1) is 6.92 Å². The van der Waals surface area contributed by atoms with Crippen LogP contribution in [0.25, 0.3) is 0 Å². The lowest BCUT2D eigenvalue weighted by Gasteiger charge is -2.33. The van der Waals surface area contributed by atoms with E-state index in [1.165, 1.54) is 28.9 Å². The SMILES string of the molecule is CC(=O)N1CCN(S(=O)(=O)c2ccc(C(=O)N3CCCc4cccc(C)c43)cc2)CC1. The first-order chi connectivity index (χ1) is 14.8. The fraction of sp³-hybridized carbons (Fsp3) is 0.391. The zero-order chi connectivity index (χ0) is 22.2. The molecule has 0 radical (unpaired) electrons. The summed E-state index contributed by atoms with van der Waals surface area (Å²) in [5, 5.41) is 0. The van der Waals surface area contributed by atoms with E-state index in [1.807, 2.05) is 19.1 Å². The van der Waals surface area contributed by atoms with Crippen LogP contribution in [0.15, 0.2) is 47.4 Å². The Balaban J connectivity index is 1.53. The molecule has 7 nitrogen and oxygen atoms in total. The Morgan fingerprint density at radius 3 is 2.23 bits per heavy atom. The minimum Gasteiger partial charge on any atom is -0.340 e. The number of anilines is 1. The van der Waals surface area contributed by atoms with Gasteiger partial charge in [-0.05, 0) is 55.2 Å². The molecule has 2 heterocycles. The van der Waals surface area contributed by atoms with Gasteiger partial charge in [0.1, 0.15) is 0 Å². The molecule has 0 aromatic heterocycles. The third kappa shape index (κ3) is 4.09. The highest BCUT2D eigenvalue weighted by atomic mass is 32.2. The molecule has 0 aliphatic carbocycles. The van der Waals surface area contributed by atoms with Crippen molar-refractivity contribution in [3.63, 3.8) is 0 Å². The van der Waals surface area contributed by atoms with Crippen LogP contribution in [0.3, 0.4) is 0 Å². The molecule has 0 unspecified atom stereocenters. The summed E-state index contributed by atoms with van der Waals surface area (Å²) < 4.78 is 27.4. The van der Waals surface area contributed by atoms with Crippen LogP contribution in [0.4, 0.5) is 5.69 Å². The molecule has 2 aliphatic rings. The number of hydrogen-bond acceptors (Lipinski definition) is 4. The van der Waals surface area contributed by atoms with E-state index in [9.17, 15) is 18.0 Å². The molecule has 0 bridgehead atoms. The van der Waals surface area contributed by atoms with Crippen molar-refractivity contribution in [3.8, 4) is 0 Å². The van der Waals surface area contributed by atoms with Crippen molar-refractivity contribution in [2.45, 2.75) is 31.6 Å². The van der Waals surface area contributed by atoms with Gasteiger partial charge in [0.25, 0.3) is 5.91 Å². The largest absolute Gasteiger partial charge is 0.340 e. The second kappa shape index (κ2) is 8.43. The van der Waals surface area contributed by atoms with Gasteiger partial charge in [-0.1, -0.05) is 18.2 Å². The molecule has 1 fully saturated rings. The third-order valence-corrected chi connectivity index (χ3v) is 8.00. The van der Waals surface area contributed by atoms with Gasteiger partial charge in [0.15, 0.2) is 0 Å². The topological polar surface area (TPSA) is 78.0 Å². The van der Waals surface area contributed by atoms with E-state index in [1.54, 1.807) is 21.9 Å². The normalized spacial score (nSPS) is 17.4. The van der Waals surface area contributed by atoms with E-state index < -0.39 is 10.0 Å². The molecule has 0 N–H and O–H groups in total. The maximum atomic E-state index is 13.2. The minimum absolute atomic E-state index is 0.0468. The highest BCUT2D eigenvalue weighted by molar-refractivity contribution is 7.89. The highest BCUT2D eigenvalue weighted by Gasteiger charge is 2.30. The fourth-order valence-electron chi connectivity index (χ4n) is 4.37. The van der Waals surface area contributed by atoms with E-state index in [0.29, 0.717) is 25.2 Å². The van der Waals surface area contributed by atoms with Crippen molar-refractivity contribution in [2.75, 3.05) is 37.6 Å². The number of sulfonamides is 1. The van der Waals surface area contributed by atoms with Gasteiger partial charge in [0, 0.05) is 45.2 Å². The Kier molecular flexibility index (Phi) is 5.85. The molecule has 0 spiro atoms. The van der Waals surface area contributed by atoms with Crippen LogP contribution in [-0.2, 0) is 21.2 Å². The number of carbonyl (C=O) groups excluding carboxylic acids is 2. The van der Waals surface area contributed by atoms with E-state index in [0.717, 1.165) is 24.1 Å². The molecule has 0 saturated carbocycles. The van der Waals surface area contributed by atoms with Crippen molar-refractivity contribution in [1.82, 2.24) is 9.21 Å². The number of piperazine rings is 1. The van der Waals surface area contributed by atoms with Crippen LogP contribution >= 0.6 is 0 Å². The Hall–Kier alpha value is -2.71. The monoisotopic (exact) mass is 441 g/mol. The number of carbonyl (C=O) groups is 2. The summed E-state index contributed by atoms with van der Waals surface area (Å²) >= 11 is 0. The predicted octanol–water partition coefficient (Wildman–Crippen LogP) is 2.44. The number of para-hydroxylation sites is 1. The quantitative estimate of drug-likeness (QED) is 0.733. The molecule has 31 heavy (non-hydrogen) atoms. The van der Waals surface area contributed by atoms with Crippen LogP contribution in [0.5, 0.6) is 0 Å². The number of hydrogen-bond donors (Lipinski definition) is 0. The first-order valence-electron chi connectivity index (χ1n) is 10.5. The number of nitrogens with zero attached hydrogens (tertiary/aromatic N) is 3. The van der Waals surface area contributed by atoms with Gasteiger partial charge >= 0.3 is 0 Å². The molecule has 1 saturated heterocycles. The summed E-state index contributed by atoms with van der Waals surface area (Å²) in [4.78, 5) is 28.3. The lowest BCUT2D eigenvalue weighted by molar-refractivity contribution is -0.129. The predicted molar refractivity (Wildman–Crippen MR) is 119 cm³/mol. The summed E-state index contributed by atoms with van der Waals surface area (Å²) in [7, 11) is -3.66. The van der Waals surface area contributed by atoms with Crippen molar-refractivity contribution in [3.05, 3.63) is 59.2 Å². The third-order valence-electron chi connectivity index (χ3n) is 6.09. The van der Waals surface area contributed by atoms with Gasteiger partial charge in [-0.2, -0.15) is 4.31 Å². The van der Waals surface area contributed by atoms with Crippen molar-refractivity contribution in [2.24, 2.45) is 0 Å². The maximum Gasteiger partial charge on any atom is 0.258 e. The Bertz CT molecular complexity index is 1100. The summed E-state index contributed by atoms with van der Waals surface area (Å²) in [5.41, 5.74) is 3.67. The van der Waals surface area contributed by atoms with Crippen molar-refractivity contribution >= 4 is 27.5 Å². The number of amides is 2. The molecule has 4 rings (SSSR count). The average Bonchev–Trinajstić information content (AvgIpc) is 2.78. The summed E-state index contributed by atoms with van der Waals surface area (Å²) in [6.07, 6.45) is 1.86. The molecule has 0 atom stereocenters. The van der Waals surface area contributed by atoms with Crippen molar-refractivity contribution < 1.29 is 18.0 Å². The van der Waals surface area contributed by atoms with Crippen LogP contribution in [-0.4, -0.2) is 62.2 Å². The van der Waals surface area contributed by atoms with E-state index in [2.05, 4.69) is 6.07 Å². The van der Waals surface area contributed by atoms with E-state index >= 15 is 0 Å². The Morgan fingerprint density at radius 2 is 1.58 bits per heavy atom. The van der Waals surface area contributed by atoms with Gasteiger partial charge in [-0.3, -0.25) is 9.59 Å². The zero-order valence-electron chi connectivity index (χ0n) is 17.9. The second-order valence-electron chi connectivity index (χ2n) is 8.08. The van der Waals surface area contributed by atoms with Gasteiger partial charge < -0.3 is 9.80 Å². The molecular formula is C23H27N3O4S. The first-order valence-corrected chi connectivity index (χ1v) is 12.0. The number of aryl methyl sites for hydroxylation is 2. The molecular weight excluding hydrogens is 414 g/mol. The summed E-state index contributed by atoms with van der Waals surface area (Å²) in [5.74, 6) is -0.163. The maximum absolute atomic E-state index is 13.2. The molecule has 2 aromatic carbocycles. The van der Waals surface area contributed by atoms with Gasteiger partial charge in [-0.25, -0.2) is 8.42 Å². The lowest BCUT2D eigenvalue weighted by atomic mass is 9.97. The summed E-state index contributed by atoms with van der Waals surface area (Å²) in [6, 6.07) is 12.3. The second-order valence-corrected chi connectivity index (χ2v) is 10.0. The smallest absolute Gasteiger partial charge is 0.258 e. The van der Waals surface area contributed by atoms with Gasteiger partial charge in [-0.15, -0.1) is 0 Å². The van der Waals surface area contributed by atoms with Crippen LogP contribution < -0.4 is 4.90 Å². The van der Waals surface area contributed by atoms with Gasteiger partial charge in [0.2, 0.25) is 15.9 Å². The fourth-order valence-corrected chi connectivity index (χ4v) is 5.79. The van der Waals surface area contributed by atoms with E-state index in [-0.39, 0.29) is 29.8 Å². The number of benzene rings is 2. The lowest BCUT2D eigenvalue weighted by Crippen LogP contribution is -2.49. The summed E-state index contributed by atoms with van der Waals surface area (Å²) in [6.45, 7) is 5.46. The van der Waals surface area contributed by atoms with Gasteiger partial charge in [0.05, 0.1) is 10.6 Å². The molecule has 2 aromatic rings. The van der Waals surface area contributed by atoms with E-state index in [4.69, 9.17) is 0 Å². The Labute approximate surface area is 183 Å².